The smallest absolute Gasteiger partial charge is 0.404 e. The number of benzene rings is 1. The molecule has 4 nitrogen and oxygen atoms in total. The van der Waals surface area contributed by atoms with Gasteiger partial charge in [0.25, 0.3) is 0 Å². The number of carboxylic acid groups (broad SMARTS) is 1. The van der Waals surface area contributed by atoms with Gasteiger partial charge in [0.05, 0.1) is 5.56 Å². The average molecular weight is 239 g/mol. The normalized spacial score (nSPS) is 9.94. The number of Topliss-reactive ketones (excluding diaryl/α,β-unsaturated/α-hetero) is 1. The van der Waals surface area contributed by atoms with Crippen molar-refractivity contribution in [2.75, 3.05) is 6.54 Å². The van der Waals surface area contributed by atoms with Crippen LogP contribution in [0.25, 0.3) is 0 Å². The fourth-order valence-electron chi connectivity index (χ4n) is 1.43. The maximum absolute atomic E-state index is 13.2. The molecule has 2 N–H and O–H groups in total. The fourth-order valence-corrected chi connectivity index (χ4v) is 1.43. The Morgan fingerprint density at radius 3 is 2.59 bits per heavy atom. The van der Waals surface area contributed by atoms with Gasteiger partial charge in [-0.1, -0.05) is 12.1 Å². The molecule has 0 aliphatic rings. The molecule has 0 saturated carbocycles. The summed E-state index contributed by atoms with van der Waals surface area (Å²) in [7, 11) is 0. The van der Waals surface area contributed by atoms with E-state index in [2.05, 4.69) is 5.32 Å². The van der Waals surface area contributed by atoms with Crippen LogP contribution in [-0.4, -0.2) is 23.5 Å². The van der Waals surface area contributed by atoms with E-state index in [1.807, 2.05) is 0 Å². The third-order valence-electron chi connectivity index (χ3n) is 2.28. The van der Waals surface area contributed by atoms with E-state index in [-0.39, 0.29) is 17.8 Å². The van der Waals surface area contributed by atoms with Gasteiger partial charge in [-0.3, -0.25) is 4.79 Å². The molecule has 0 atom stereocenters. The highest BCUT2D eigenvalue weighted by atomic mass is 19.1. The predicted octanol–water partition coefficient (Wildman–Crippen LogP) is 2.45. The summed E-state index contributed by atoms with van der Waals surface area (Å²) in [5, 5.41) is 10.5. The Morgan fingerprint density at radius 2 is 1.94 bits per heavy atom. The third-order valence-corrected chi connectivity index (χ3v) is 2.28. The lowest BCUT2D eigenvalue weighted by Crippen LogP contribution is -2.21. The molecular formula is C12H14FNO3. The van der Waals surface area contributed by atoms with Crippen LogP contribution in [0.1, 0.15) is 29.6 Å². The molecule has 1 aromatic rings. The predicted molar refractivity (Wildman–Crippen MR) is 60.6 cm³/mol. The molecule has 0 radical (unpaired) electrons. The average Bonchev–Trinajstić information content (AvgIpc) is 2.28. The largest absolute Gasteiger partial charge is 0.465 e. The number of hydrogen-bond donors (Lipinski definition) is 2. The van der Waals surface area contributed by atoms with Crippen molar-refractivity contribution in [2.24, 2.45) is 0 Å². The summed E-state index contributed by atoms with van der Waals surface area (Å²) >= 11 is 0. The maximum atomic E-state index is 13.2. The Bertz CT molecular complexity index is 406. The molecule has 1 rings (SSSR count). The van der Waals surface area contributed by atoms with Gasteiger partial charge in [-0.15, -0.1) is 0 Å². The molecule has 0 aliphatic heterocycles. The van der Waals surface area contributed by atoms with E-state index in [9.17, 15) is 14.0 Å². The van der Waals surface area contributed by atoms with Crippen LogP contribution >= 0.6 is 0 Å². The first-order chi connectivity index (χ1) is 8.11. The van der Waals surface area contributed by atoms with Crippen LogP contribution in [-0.2, 0) is 0 Å². The monoisotopic (exact) mass is 239 g/mol. The van der Waals surface area contributed by atoms with Gasteiger partial charge in [0.2, 0.25) is 0 Å². The SMILES string of the molecule is O=C(O)NCCCCC(=O)c1ccccc1F. The first-order valence-corrected chi connectivity index (χ1v) is 5.36. The molecule has 0 spiro atoms. The van der Waals surface area contributed by atoms with Crippen molar-refractivity contribution in [1.82, 2.24) is 5.32 Å². The standard InChI is InChI=1S/C12H14FNO3/c13-10-6-2-1-5-9(10)11(15)7-3-4-8-14-12(16)17/h1-2,5-6,14H,3-4,7-8H2,(H,16,17). The number of halogens is 1. The molecule has 92 valence electrons. The number of carbonyl (C=O) groups is 2. The van der Waals surface area contributed by atoms with Crippen LogP contribution in [0.15, 0.2) is 24.3 Å². The van der Waals surface area contributed by atoms with Crippen molar-refractivity contribution in [1.29, 1.82) is 0 Å². The third kappa shape index (κ3) is 4.63. The van der Waals surface area contributed by atoms with Gasteiger partial charge >= 0.3 is 6.09 Å². The van der Waals surface area contributed by atoms with Crippen molar-refractivity contribution < 1.29 is 19.1 Å². The minimum absolute atomic E-state index is 0.0960. The molecule has 0 saturated heterocycles. The minimum atomic E-state index is -1.08. The van der Waals surface area contributed by atoms with E-state index in [1.165, 1.54) is 18.2 Å². The number of carbonyl (C=O) groups excluding carboxylic acids is 1. The van der Waals surface area contributed by atoms with Gasteiger partial charge < -0.3 is 10.4 Å². The second-order valence-corrected chi connectivity index (χ2v) is 3.59. The van der Waals surface area contributed by atoms with E-state index in [0.717, 1.165) is 0 Å². The number of amides is 1. The highest BCUT2D eigenvalue weighted by molar-refractivity contribution is 5.96. The fraction of sp³-hybridized carbons (Fsp3) is 0.333. The Morgan fingerprint density at radius 1 is 1.24 bits per heavy atom. The summed E-state index contributed by atoms with van der Waals surface area (Å²) in [4.78, 5) is 21.7. The number of rotatable bonds is 6. The van der Waals surface area contributed by atoms with Crippen LogP contribution in [0.2, 0.25) is 0 Å². The zero-order chi connectivity index (χ0) is 12.7. The van der Waals surface area contributed by atoms with Gasteiger partial charge in [0.1, 0.15) is 5.82 Å². The Hall–Kier alpha value is -1.91. The van der Waals surface area contributed by atoms with Crippen molar-refractivity contribution in [3.05, 3.63) is 35.6 Å². The van der Waals surface area contributed by atoms with Gasteiger partial charge in [-0.2, -0.15) is 0 Å². The number of unbranched alkanes of at least 4 members (excludes halogenated alkanes) is 1. The quantitative estimate of drug-likeness (QED) is 0.592. The van der Waals surface area contributed by atoms with Crippen LogP contribution in [0.3, 0.4) is 0 Å². The molecular weight excluding hydrogens is 225 g/mol. The van der Waals surface area contributed by atoms with E-state index >= 15 is 0 Å². The molecule has 0 bridgehead atoms. The van der Waals surface area contributed by atoms with Crippen molar-refractivity contribution in [3.8, 4) is 0 Å². The van der Waals surface area contributed by atoms with Crippen LogP contribution in [0.5, 0.6) is 0 Å². The minimum Gasteiger partial charge on any atom is -0.465 e. The second-order valence-electron chi connectivity index (χ2n) is 3.59. The van der Waals surface area contributed by atoms with Gasteiger partial charge in [0.15, 0.2) is 5.78 Å². The van der Waals surface area contributed by atoms with Crippen LogP contribution in [0, 0.1) is 5.82 Å². The molecule has 1 aromatic carbocycles. The summed E-state index contributed by atoms with van der Waals surface area (Å²) in [6, 6.07) is 5.84. The Balaban J connectivity index is 2.31. The lowest BCUT2D eigenvalue weighted by Gasteiger charge is -2.02. The van der Waals surface area contributed by atoms with E-state index < -0.39 is 11.9 Å². The van der Waals surface area contributed by atoms with Gasteiger partial charge in [0, 0.05) is 13.0 Å². The molecule has 0 aromatic heterocycles. The second kappa shape index (κ2) is 6.62. The van der Waals surface area contributed by atoms with Crippen LogP contribution < -0.4 is 5.32 Å². The zero-order valence-electron chi connectivity index (χ0n) is 9.28. The van der Waals surface area contributed by atoms with Gasteiger partial charge in [-0.25, -0.2) is 9.18 Å². The Labute approximate surface area is 98.5 Å². The van der Waals surface area contributed by atoms with Crippen molar-refractivity contribution in [2.45, 2.75) is 19.3 Å². The van der Waals surface area contributed by atoms with Gasteiger partial charge in [-0.05, 0) is 25.0 Å². The molecule has 0 heterocycles. The number of ketones is 1. The maximum Gasteiger partial charge on any atom is 0.404 e. The summed E-state index contributed by atoms with van der Waals surface area (Å²) in [5.41, 5.74) is 0.0960. The van der Waals surface area contributed by atoms with Crippen molar-refractivity contribution in [3.63, 3.8) is 0 Å². The molecule has 0 fully saturated rings. The molecule has 0 unspecified atom stereocenters. The highest BCUT2D eigenvalue weighted by Crippen LogP contribution is 2.10. The Kier molecular flexibility index (Phi) is 5.13. The summed E-state index contributed by atoms with van der Waals surface area (Å²) in [6.07, 6.45) is 0.243. The first-order valence-electron chi connectivity index (χ1n) is 5.36. The summed E-state index contributed by atoms with van der Waals surface area (Å²) in [6.45, 7) is 0.305. The van der Waals surface area contributed by atoms with E-state index in [4.69, 9.17) is 5.11 Å². The van der Waals surface area contributed by atoms with E-state index in [0.29, 0.717) is 19.4 Å². The highest BCUT2D eigenvalue weighted by Gasteiger charge is 2.09. The van der Waals surface area contributed by atoms with Crippen molar-refractivity contribution >= 4 is 11.9 Å². The van der Waals surface area contributed by atoms with Crippen LogP contribution in [0.4, 0.5) is 9.18 Å². The molecule has 17 heavy (non-hydrogen) atoms. The first kappa shape index (κ1) is 13.2. The molecule has 5 heteroatoms. The molecule has 1 amide bonds. The summed E-state index contributed by atoms with van der Waals surface area (Å²) in [5.74, 6) is -0.764. The summed E-state index contributed by atoms with van der Waals surface area (Å²) < 4.78 is 13.2. The topological polar surface area (TPSA) is 66.4 Å². The lowest BCUT2D eigenvalue weighted by molar-refractivity contribution is 0.0975. The number of hydrogen-bond acceptors (Lipinski definition) is 2. The number of nitrogens with one attached hydrogen (secondary N) is 1. The zero-order valence-corrected chi connectivity index (χ0v) is 9.28. The molecule has 0 aliphatic carbocycles. The lowest BCUT2D eigenvalue weighted by atomic mass is 10.1. The van der Waals surface area contributed by atoms with E-state index in [1.54, 1.807) is 6.07 Å².